The van der Waals surface area contributed by atoms with Crippen molar-refractivity contribution in [3.05, 3.63) is 41.9 Å². The van der Waals surface area contributed by atoms with Gasteiger partial charge in [-0.1, -0.05) is 31.2 Å². The lowest BCUT2D eigenvalue weighted by Gasteiger charge is -2.05. The zero-order valence-electron chi connectivity index (χ0n) is 11.1. The van der Waals surface area contributed by atoms with Crippen LogP contribution in [-0.2, 0) is 6.42 Å². The van der Waals surface area contributed by atoms with Crippen molar-refractivity contribution >= 4 is 40.0 Å². The SMILES string of the molecule is CCc1nsc(Sc2nc(C(=O)O)cc3ccccc23)n1. The number of carboxylic acid groups (broad SMARTS) is 1. The van der Waals surface area contributed by atoms with E-state index >= 15 is 0 Å². The first kappa shape index (κ1) is 14.0. The van der Waals surface area contributed by atoms with Crippen LogP contribution in [0.1, 0.15) is 23.2 Å². The smallest absolute Gasteiger partial charge is 0.354 e. The molecule has 5 nitrogen and oxygen atoms in total. The third-order valence-electron chi connectivity index (χ3n) is 2.87. The Hall–Kier alpha value is -1.99. The molecule has 0 radical (unpaired) electrons. The maximum absolute atomic E-state index is 11.2. The number of rotatable bonds is 4. The van der Waals surface area contributed by atoms with Crippen molar-refractivity contribution in [2.24, 2.45) is 0 Å². The van der Waals surface area contributed by atoms with E-state index in [1.807, 2.05) is 31.2 Å². The van der Waals surface area contributed by atoms with Crippen molar-refractivity contribution in [3.63, 3.8) is 0 Å². The van der Waals surface area contributed by atoms with E-state index in [2.05, 4.69) is 14.3 Å². The van der Waals surface area contributed by atoms with Gasteiger partial charge in [-0.3, -0.25) is 0 Å². The van der Waals surface area contributed by atoms with Crippen molar-refractivity contribution in [3.8, 4) is 0 Å². The average molecular weight is 317 g/mol. The van der Waals surface area contributed by atoms with E-state index in [4.69, 9.17) is 0 Å². The summed E-state index contributed by atoms with van der Waals surface area (Å²) >= 11 is 2.66. The van der Waals surface area contributed by atoms with Crippen LogP contribution in [0.4, 0.5) is 0 Å². The number of aryl methyl sites for hydroxylation is 1. The number of benzene rings is 1. The fourth-order valence-electron chi connectivity index (χ4n) is 1.86. The van der Waals surface area contributed by atoms with Crippen molar-refractivity contribution < 1.29 is 9.90 Å². The molecule has 0 fully saturated rings. The number of carboxylic acids is 1. The molecule has 3 aromatic rings. The second-order valence-corrected chi connectivity index (χ2v) is 6.26. The van der Waals surface area contributed by atoms with Crippen LogP contribution in [0.2, 0.25) is 0 Å². The summed E-state index contributed by atoms with van der Waals surface area (Å²) in [5, 5.41) is 11.6. The topological polar surface area (TPSA) is 76.0 Å². The summed E-state index contributed by atoms with van der Waals surface area (Å²) in [4.78, 5) is 19.8. The van der Waals surface area contributed by atoms with Crippen molar-refractivity contribution in [2.45, 2.75) is 22.7 Å². The van der Waals surface area contributed by atoms with Gasteiger partial charge < -0.3 is 5.11 Å². The summed E-state index contributed by atoms with van der Waals surface area (Å²) in [6.45, 7) is 2.00. The molecule has 0 bridgehead atoms. The molecule has 3 rings (SSSR count). The number of pyridine rings is 1. The van der Waals surface area contributed by atoms with E-state index < -0.39 is 5.97 Å². The minimum absolute atomic E-state index is 0.0384. The van der Waals surface area contributed by atoms with Crippen molar-refractivity contribution in [1.82, 2.24) is 14.3 Å². The molecule has 106 valence electrons. The largest absolute Gasteiger partial charge is 0.477 e. The number of nitrogens with zero attached hydrogens (tertiary/aromatic N) is 3. The standard InChI is InChI=1S/C14H11N3O2S2/c1-2-11-16-14(21-17-11)20-12-9-6-4-3-5-8(9)7-10(15-12)13(18)19/h3-7H,2H2,1H3,(H,18,19). The Morgan fingerprint density at radius 3 is 2.86 bits per heavy atom. The summed E-state index contributed by atoms with van der Waals surface area (Å²) in [5.41, 5.74) is 0.0384. The predicted octanol–water partition coefficient (Wildman–Crippen LogP) is 3.50. The second kappa shape index (κ2) is 5.79. The molecule has 1 aromatic carbocycles. The fraction of sp³-hybridized carbons (Fsp3) is 0.143. The minimum Gasteiger partial charge on any atom is -0.477 e. The molecule has 0 unspecified atom stereocenters. The maximum Gasteiger partial charge on any atom is 0.354 e. The van der Waals surface area contributed by atoms with Crippen LogP contribution in [-0.4, -0.2) is 25.4 Å². The first-order chi connectivity index (χ1) is 10.2. The van der Waals surface area contributed by atoms with E-state index in [1.54, 1.807) is 6.07 Å². The molecule has 21 heavy (non-hydrogen) atoms. The third kappa shape index (κ3) is 2.88. The Labute approximate surface area is 129 Å². The first-order valence-corrected chi connectivity index (χ1v) is 7.90. The molecule has 1 N–H and O–H groups in total. The average Bonchev–Trinajstić information content (AvgIpc) is 2.94. The molecule has 7 heteroatoms. The summed E-state index contributed by atoms with van der Waals surface area (Å²) in [7, 11) is 0. The minimum atomic E-state index is -1.03. The van der Waals surface area contributed by atoms with Gasteiger partial charge >= 0.3 is 5.97 Å². The lowest BCUT2D eigenvalue weighted by atomic mass is 10.1. The maximum atomic E-state index is 11.2. The monoisotopic (exact) mass is 317 g/mol. The van der Waals surface area contributed by atoms with Gasteiger partial charge in [0.15, 0.2) is 4.34 Å². The zero-order valence-corrected chi connectivity index (χ0v) is 12.7. The Morgan fingerprint density at radius 1 is 1.33 bits per heavy atom. The number of aromatic carboxylic acids is 1. The number of carbonyl (C=O) groups is 1. The number of fused-ring (bicyclic) bond motifs is 1. The number of hydrogen-bond donors (Lipinski definition) is 1. The molecule has 0 amide bonds. The van der Waals surface area contributed by atoms with Gasteiger partial charge in [-0.2, -0.15) is 4.37 Å². The molecule has 0 atom stereocenters. The van der Waals surface area contributed by atoms with Crippen LogP contribution >= 0.6 is 23.3 Å². The predicted molar refractivity (Wildman–Crippen MR) is 82.1 cm³/mol. The highest BCUT2D eigenvalue weighted by atomic mass is 32.2. The molecule has 0 spiro atoms. The summed E-state index contributed by atoms with van der Waals surface area (Å²) < 4.78 is 5.00. The van der Waals surface area contributed by atoms with Crippen molar-refractivity contribution in [1.29, 1.82) is 0 Å². The third-order valence-corrected chi connectivity index (χ3v) is 4.67. The van der Waals surface area contributed by atoms with Gasteiger partial charge in [0.05, 0.1) is 0 Å². The van der Waals surface area contributed by atoms with E-state index in [1.165, 1.54) is 23.3 Å². The van der Waals surface area contributed by atoms with Gasteiger partial charge in [0.25, 0.3) is 0 Å². The highest BCUT2D eigenvalue weighted by Gasteiger charge is 2.13. The second-order valence-electron chi connectivity index (χ2n) is 4.27. The van der Waals surface area contributed by atoms with Crippen LogP contribution < -0.4 is 0 Å². The summed E-state index contributed by atoms with van der Waals surface area (Å²) in [5.74, 6) is -0.240. The fourth-order valence-corrected chi connectivity index (χ4v) is 3.61. The van der Waals surface area contributed by atoms with Crippen LogP contribution in [0.15, 0.2) is 39.7 Å². The zero-order chi connectivity index (χ0) is 14.8. The molecule has 0 saturated carbocycles. The molecular formula is C14H11N3O2S2. The van der Waals surface area contributed by atoms with E-state index in [9.17, 15) is 9.90 Å². The van der Waals surface area contributed by atoms with Gasteiger partial charge in [-0.05, 0) is 34.7 Å². The molecule has 2 heterocycles. The van der Waals surface area contributed by atoms with Gasteiger partial charge in [0, 0.05) is 11.8 Å². The Morgan fingerprint density at radius 2 is 2.14 bits per heavy atom. The Balaban J connectivity index is 2.09. The molecule has 0 aliphatic carbocycles. The van der Waals surface area contributed by atoms with Crippen molar-refractivity contribution in [2.75, 3.05) is 0 Å². The van der Waals surface area contributed by atoms with Crippen LogP contribution in [0.5, 0.6) is 0 Å². The van der Waals surface area contributed by atoms with Gasteiger partial charge in [-0.25, -0.2) is 14.8 Å². The van der Waals surface area contributed by atoms with Gasteiger partial charge in [-0.15, -0.1) is 0 Å². The highest BCUT2D eigenvalue weighted by Crippen LogP contribution is 2.33. The van der Waals surface area contributed by atoms with Crippen LogP contribution in [0.3, 0.4) is 0 Å². The van der Waals surface area contributed by atoms with E-state index in [0.717, 1.165) is 27.4 Å². The first-order valence-electron chi connectivity index (χ1n) is 6.31. The highest BCUT2D eigenvalue weighted by molar-refractivity contribution is 8.01. The Kier molecular flexibility index (Phi) is 3.85. The number of aromatic nitrogens is 3. The molecular weight excluding hydrogens is 306 g/mol. The Bertz CT molecular complexity index is 817. The van der Waals surface area contributed by atoms with Gasteiger partial charge in [0.1, 0.15) is 16.5 Å². The quantitative estimate of drug-likeness (QED) is 0.793. The van der Waals surface area contributed by atoms with E-state index in [0.29, 0.717) is 5.03 Å². The molecule has 0 aliphatic heterocycles. The van der Waals surface area contributed by atoms with Crippen LogP contribution in [0, 0.1) is 0 Å². The lowest BCUT2D eigenvalue weighted by Crippen LogP contribution is -2.01. The van der Waals surface area contributed by atoms with Gasteiger partial charge in [0.2, 0.25) is 0 Å². The summed E-state index contributed by atoms with van der Waals surface area (Å²) in [6.07, 6.45) is 0.778. The molecule has 0 saturated heterocycles. The molecule has 0 aliphatic rings. The summed E-state index contributed by atoms with van der Waals surface area (Å²) in [6, 6.07) is 9.18. The molecule has 2 aromatic heterocycles. The van der Waals surface area contributed by atoms with E-state index in [-0.39, 0.29) is 5.69 Å². The van der Waals surface area contributed by atoms with Crippen LogP contribution in [0.25, 0.3) is 10.8 Å². The lowest BCUT2D eigenvalue weighted by molar-refractivity contribution is 0.0690. The number of hydrogen-bond acceptors (Lipinski definition) is 6. The normalized spacial score (nSPS) is 10.9.